The number of carbonyl (C=O) groups is 1. The zero-order chi connectivity index (χ0) is 15.4. The van der Waals surface area contributed by atoms with Gasteiger partial charge in [-0.05, 0) is 39.0 Å². The molecule has 118 valence electrons. The third kappa shape index (κ3) is 3.86. The molecule has 0 radical (unpaired) electrons. The first-order valence-corrected chi connectivity index (χ1v) is 8.31. The molecule has 2 rings (SSSR count). The van der Waals surface area contributed by atoms with Gasteiger partial charge in [0, 0.05) is 24.3 Å². The van der Waals surface area contributed by atoms with Gasteiger partial charge in [0.2, 0.25) is 5.91 Å². The van der Waals surface area contributed by atoms with Crippen molar-refractivity contribution in [2.45, 2.75) is 71.8 Å². The maximum atomic E-state index is 12.4. The van der Waals surface area contributed by atoms with Crippen molar-refractivity contribution in [3.05, 3.63) is 17.0 Å². The number of rotatable bonds is 5. The third-order valence-corrected chi connectivity index (χ3v) is 5.00. The number of aryl methyl sites for hydroxylation is 2. The van der Waals surface area contributed by atoms with Crippen LogP contribution in [0.4, 0.5) is 0 Å². The highest BCUT2D eigenvalue weighted by molar-refractivity contribution is 5.79. The molecule has 1 aromatic rings. The quantitative estimate of drug-likeness (QED) is 0.906. The van der Waals surface area contributed by atoms with E-state index in [-0.39, 0.29) is 5.91 Å². The lowest BCUT2D eigenvalue weighted by molar-refractivity contribution is -0.121. The smallest absolute Gasteiger partial charge is 0.224 e. The van der Waals surface area contributed by atoms with Crippen LogP contribution in [-0.4, -0.2) is 21.7 Å². The Kier molecular flexibility index (Phi) is 5.43. The number of carbonyl (C=O) groups excluding carboxylic acids is 1. The fraction of sp³-hybridized carbons (Fsp3) is 0.765. The first-order valence-electron chi connectivity index (χ1n) is 8.31. The number of aromatic nitrogens is 2. The van der Waals surface area contributed by atoms with Crippen molar-refractivity contribution in [3.8, 4) is 0 Å². The van der Waals surface area contributed by atoms with Gasteiger partial charge in [-0.2, -0.15) is 5.10 Å². The molecule has 1 heterocycles. The fourth-order valence-corrected chi connectivity index (χ4v) is 3.58. The van der Waals surface area contributed by atoms with Crippen LogP contribution >= 0.6 is 0 Å². The molecular weight excluding hydrogens is 262 g/mol. The summed E-state index contributed by atoms with van der Waals surface area (Å²) in [4.78, 5) is 12.4. The van der Waals surface area contributed by atoms with Crippen molar-refractivity contribution >= 4 is 5.91 Å². The van der Waals surface area contributed by atoms with E-state index < -0.39 is 0 Å². The molecule has 1 saturated carbocycles. The molecular formula is C17H29N3O. The molecule has 1 aromatic heterocycles. The van der Waals surface area contributed by atoms with Gasteiger partial charge in [0.1, 0.15) is 0 Å². The predicted molar refractivity (Wildman–Crippen MR) is 85.2 cm³/mol. The molecule has 21 heavy (non-hydrogen) atoms. The summed E-state index contributed by atoms with van der Waals surface area (Å²) in [5, 5.41) is 7.66. The minimum Gasteiger partial charge on any atom is -0.353 e. The summed E-state index contributed by atoms with van der Waals surface area (Å²) in [6.45, 7) is 6.19. The van der Waals surface area contributed by atoms with Gasteiger partial charge in [-0.15, -0.1) is 0 Å². The van der Waals surface area contributed by atoms with E-state index >= 15 is 0 Å². The summed E-state index contributed by atoms with van der Waals surface area (Å²) in [6, 6.07) is 0.343. The third-order valence-electron chi connectivity index (χ3n) is 5.00. The van der Waals surface area contributed by atoms with Crippen LogP contribution < -0.4 is 5.32 Å². The van der Waals surface area contributed by atoms with Crippen LogP contribution in [0.15, 0.2) is 0 Å². The SMILES string of the molecule is CCC(NC(=O)Cc1c(C)nn(C)c1C)C1CCCCC1. The van der Waals surface area contributed by atoms with Crippen LogP contribution in [0.25, 0.3) is 0 Å². The molecule has 0 aromatic carbocycles. The second-order valence-corrected chi connectivity index (χ2v) is 6.43. The molecule has 1 atom stereocenters. The van der Waals surface area contributed by atoms with Crippen LogP contribution in [0.3, 0.4) is 0 Å². The lowest BCUT2D eigenvalue weighted by Crippen LogP contribution is -2.41. The minimum atomic E-state index is 0.145. The Bertz CT molecular complexity index is 486. The van der Waals surface area contributed by atoms with Gasteiger partial charge in [0.05, 0.1) is 12.1 Å². The average molecular weight is 291 g/mol. The van der Waals surface area contributed by atoms with Gasteiger partial charge in [-0.25, -0.2) is 0 Å². The number of hydrogen-bond acceptors (Lipinski definition) is 2. The highest BCUT2D eigenvalue weighted by atomic mass is 16.1. The van der Waals surface area contributed by atoms with E-state index in [0.717, 1.165) is 23.4 Å². The van der Waals surface area contributed by atoms with E-state index in [1.807, 2.05) is 25.6 Å². The summed E-state index contributed by atoms with van der Waals surface area (Å²) in [6.07, 6.45) is 8.01. The van der Waals surface area contributed by atoms with Crippen molar-refractivity contribution in [3.63, 3.8) is 0 Å². The van der Waals surface area contributed by atoms with Gasteiger partial charge >= 0.3 is 0 Å². The second-order valence-electron chi connectivity index (χ2n) is 6.43. The minimum absolute atomic E-state index is 0.145. The van der Waals surface area contributed by atoms with E-state index in [0.29, 0.717) is 18.4 Å². The van der Waals surface area contributed by atoms with Crippen molar-refractivity contribution in [1.29, 1.82) is 0 Å². The van der Waals surface area contributed by atoms with Crippen LogP contribution in [0.5, 0.6) is 0 Å². The number of amides is 1. The van der Waals surface area contributed by atoms with Crippen LogP contribution in [0, 0.1) is 19.8 Å². The molecule has 0 saturated heterocycles. The molecule has 1 N–H and O–H groups in total. The predicted octanol–water partition coefficient (Wildman–Crippen LogP) is 3.05. The summed E-state index contributed by atoms with van der Waals surface area (Å²) in [5.74, 6) is 0.815. The Hall–Kier alpha value is -1.32. The van der Waals surface area contributed by atoms with E-state index in [1.165, 1.54) is 32.1 Å². The van der Waals surface area contributed by atoms with Crippen LogP contribution in [0.1, 0.15) is 62.4 Å². The van der Waals surface area contributed by atoms with E-state index in [4.69, 9.17) is 0 Å². The molecule has 0 bridgehead atoms. The topological polar surface area (TPSA) is 46.9 Å². The second kappa shape index (κ2) is 7.10. The first kappa shape index (κ1) is 16.1. The van der Waals surface area contributed by atoms with Crippen molar-refractivity contribution in [1.82, 2.24) is 15.1 Å². The van der Waals surface area contributed by atoms with Gasteiger partial charge in [0.15, 0.2) is 0 Å². The first-order chi connectivity index (χ1) is 10.0. The van der Waals surface area contributed by atoms with Gasteiger partial charge in [0.25, 0.3) is 0 Å². The molecule has 1 aliphatic carbocycles. The molecule has 0 aliphatic heterocycles. The summed E-state index contributed by atoms with van der Waals surface area (Å²) in [7, 11) is 1.93. The summed E-state index contributed by atoms with van der Waals surface area (Å²) < 4.78 is 1.86. The molecule has 0 spiro atoms. The Morgan fingerprint density at radius 3 is 2.52 bits per heavy atom. The molecule has 1 fully saturated rings. The van der Waals surface area contributed by atoms with Crippen molar-refractivity contribution in [2.24, 2.45) is 13.0 Å². The van der Waals surface area contributed by atoms with E-state index in [2.05, 4.69) is 17.3 Å². The Morgan fingerprint density at radius 2 is 2.00 bits per heavy atom. The molecule has 4 nitrogen and oxygen atoms in total. The van der Waals surface area contributed by atoms with Gasteiger partial charge in [-0.1, -0.05) is 26.2 Å². The highest BCUT2D eigenvalue weighted by Gasteiger charge is 2.24. The highest BCUT2D eigenvalue weighted by Crippen LogP contribution is 2.27. The maximum Gasteiger partial charge on any atom is 0.224 e. The molecule has 4 heteroatoms. The number of nitrogens with one attached hydrogen (secondary N) is 1. The molecule has 1 amide bonds. The lowest BCUT2D eigenvalue weighted by Gasteiger charge is -2.30. The normalized spacial score (nSPS) is 17.7. The van der Waals surface area contributed by atoms with Crippen molar-refractivity contribution < 1.29 is 4.79 Å². The summed E-state index contributed by atoms with van der Waals surface area (Å²) in [5.41, 5.74) is 3.14. The van der Waals surface area contributed by atoms with Crippen LogP contribution in [-0.2, 0) is 18.3 Å². The van der Waals surface area contributed by atoms with E-state index in [9.17, 15) is 4.79 Å². The monoisotopic (exact) mass is 291 g/mol. The number of hydrogen-bond donors (Lipinski definition) is 1. The molecule has 1 unspecified atom stereocenters. The lowest BCUT2D eigenvalue weighted by atomic mass is 9.83. The Balaban J connectivity index is 1.96. The zero-order valence-electron chi connectivity index (χ0n) is 13.9. The standard InChI is InChI=1S/C17H29N3O/c1-5-16(14-9-7-6-8-10-14)18-17(21)11-15-12(2)19-20(4)13(15)3/h14,16H,5-11H2,1-4H3,(H,18,21). The summed E-state index contributed by atoms with van der Waals surface area (Å²) >= 11 is 0. The van der Waals surface area contributed by atoms with Crippen molar-refractivity contribution in [2.75, 3.05) is 0 Å². The maximum absolute atomic E-state index is 12.4. The largest absolute Gasteiger partial charge is 0.353 e. The Morgan fingerprint density at radius 1 is 1.33 bits per heavy atom. The fourth-order valence-electron chi connectivity index (χ4n) is 3.58. The molecule has 1 aliphatic rings. The van der Waals surface area contributed by atoms with E-state index in [1.54, 1.807) is 0 Å². The average Bonchev–Trinajstić information content (AvgIpc) is 2.72. The van der Waals surface area contributed by atoms with Gasteiger partial charge < -0.3 is 5.32 Å². The Labute approximate surface area is 128 Å². The van der Waals surface area contributed by atoms with Gasteiger partial charge in [-0.3, -0.25) is 9.48 Å². The zero-order valence-corrected chi connectivity index (χ0v) is 13.9. The number of nitrogens with zero attached hydrogens (tertiary/aromatic N) is 2. The van der Waals surface area contributed by atoms with Crippen LogP contribution in [0.2, 0.25) is 0 Å².